The number of halogens is 1. The van der Waals surface area contributed by atoms with Gasteiger partial charge in [-0.25, -0.2) is 4.39 Å². The molecule has 0 fully saturated rings. The van der Waals surface area contributed by atoms with Crippen molar-refractivity contribution in [3.63, 3.8) is 0 Å². The summed E-state index contributed by atoms with van der Waals surface area (Å²) in [4.78, 5) is 22.0. The molecule has 0 spiro atoms. The van der Waals surface area contributed by atoms with Gasteiger partial charge in [0.1, 0.15) is 11.9 Å². The summed E-state index contributed by atoms with van der Waals surface area (Å²) in [5, 5.41) is 10.7. The Kier molecular flexibility index (Phi) is 3.44. The smallest absolute Gasteiger partial charge is 0.325 e. The number of carboxylic acid groups (broad SMARTS) is 1. The summed E-state index contributed by atoms with van der Waals surface area (Å²) in [6, 6.07) is 2.70. The highest BCUT2D eigenvalue weighted by atomic mass is 19.1. The molecule has 0 heterocycles. The summed E-state index contributed by atoms with van der Waals surface area (Å²) in [5.74, 6) is -2.83. The van der Waals surface area contributed by atoms with Crippen molar-refractivity contribution < 1.29 is 19.1 Å². The Morgan fingerprint density at radius 1 is 1.50 bits per heavy atom. The van der Waals surface area contributed by atoms with Gasteiger partial charge < -0.3 is 16.2 Å². The quantitative estimate of drug-likeness (QED) is 0.658. The van der Waals surface area contributed by atoms with Crippen LogP contribution in [0, 0.1) is 5.82 Å². The van der Waals surface area contributed by atoms with Crippen molar-refractivity contribution in [2.24, 2.45) is 0 Å². The lowest BCUT2D eigenvalue weighted by Crippen LogP contribution is -2.39. The van der Waals surface area contributed by atoms with Crippen molar-refractivity contribution in [3.05, 3.63) is 29.6 Å². The van der Waals surface area contributed by atoms with Gasteiger partial charge >= 0.3 is 5.97 Å². The van der Waals surface area contributed by atoms with Crippen molar-refractivity contribution in [2.75, 3.05) is 5.73 Å². The molecule has 0 aliphatic rings. The van der Waals surface area contributed by atoms with Crippen LogP contribution in [-0.4, -0.2) is 23.0 Å². The van der Waals surface area contributed by atoms with Crippen LogP contribution < -0.4 is 11.1 Å². The van der Waals surface area contributed by atoms with Crippen molar-refractivity contribution in [2.45, 2.75) is 13.0 Å². The molecule has 0 aliphatic heterocycles. The minimum Gasteiger partial charge on any atom is -0.480 e. The average molecular weight is 226 g/mol. The average Bonchev–Trinajstić information content (AvgIpc) is 2.16. The normalized spacial score (nSPS) is 11.9. The minimum absolute atomic E-state index is 0.0323. The molecule has 1 unspecified atom stereocenters. The zero-order chi connectivity index (χ0) is 12.3. The Morgan fingerprint density at radius 3 is 2.62 bits per heavy atom. The second kappa shape index (κ2) is 4.61. The van der Waals surface area contributed by atoms with E-state index in [9.17, 15) is 14.0 Å². The Labute approximate surface area is 91.1 Å². The van der Waals surface area contributed by atoms with E-state index in [1.807, 2.05) is 0 Å². The van der Waals surface area contributed by atoms with E-state index < -0.39 is 23.7 Å². The van der Waals surface area contributed by atoms with Crippen molar-refractivity contribution >= 4 is 17.6 Å². The second-order valence-electron chi connectivity index (χ2n) is 3.24. The van der Waals surface area contributed by atoms with Gasteiger partial charge in [0.25, 0.3) is 5.91 Å². The summed E-state index contributed by atoms with van der Waals surface area (Å²) in [6.45, 7) is 1.28. The molecule has 0 bridgehead atoms. The number of aliphatic carboxylic acids is 1. The van der Waals surface area contributed by atoms with Gasteiger partial charge in [0.05, 0.1) is 5.56 Å². The zero-order valence-corrected chi connectivity index (χ0v) is 8.53. The first-order chi connectivity index (χ1) is 7.43. The Morgan fingerprint density at radius 2 is 2.12 bits per heavy atom. The second-order valence-corrected chi connectivity index (χ2v) is 3.24. The van der Waals surface area contributed by atoms with Crippen LogP contribution in [0.15, 0.2) is 18.2 Å². The predicted molar refractivity (Wildman–Crippen MR) is 55.4 cm³/mol. The number of carbonyl (C=O) groups excluding carboxylic acids is 1. The van der Waals surface area contributed by atoms with Crippen molar-refractivity contribution in [1.29, 1.82) is 0 Å². The molecule has 1 aromatic carbocycles. The molecule has 0 radical (unpaired) electrons. The van der Waals surface area contributed by atoms with Crippen molar-refractivity contribution in [1.82, 2.24) is 5.32 Å². The fourth-order valence-electron chi connectivity index (χ4n) is 1.11. The molecule has 1 amide bonds. The number of carbonyl (C=O) groups is 2. The van der Waals surface area contributed by atoms with Crippen LogP contribution in [-0.2, 0) is 4.79 Å². The summed E-state index contributed by atoms with van der Waals surface area (Å²) < 4.78 is 13.3. The minimum atomic E-state index is -1.21. The number of nitrogens with two attached hydrogens (primary N) is 1. The first-order valence-corrected chi connectivity index (χ1v) is 4.51. The number of carboxylic acids is 1. The molecule has 0 saturated carbocycles. The maximum atomic E-state index is 13.3. The molecule has 0 aromatic heterocycles. The highest BCUT2D eigenvalue weighted by Crippen LogP contribution is 2.15. The highest BCUT2D eigenvalue weighted by Gasteiger charge is 2.19. The van der Waals surface area contributed by atoms with E-state index >= 15 is 0 Å². The Bertz CT molecular complexity index is 414. The van der Waals surface area contributed by atoms with E-state index in [0.717, 1.165) is 6.07 Å². The number of benzene rings is 1. The molecule has 6 heteroatoms. The number of rotatable bonds is 3. The van der Waals surface area contributed by atoms with Gasteiger partial charge in [-0.05, 0) is 19.1 Å². The number of hydrogen-bond acceptors (Lipinski definition) is 3. The van der Waals surface area contributed by atoms with E-state index in [4.69, 9.17) is 10.8 Å². The summed E-state index contributed by atoms with van der Waals surface area (Å²) >= 11 is 0. The molecule has 4 N–H and O–H groups in total. The number of nitrogens with one attached hydrogen (secondary N) is 1. The molecule has 1 rings (SSSR count). The third-order valence-electron chi connectivity index (χ3n) is 1.99. The van der Waals surface area contributed by atoms with Crippen LogP contribution in [0.4, 0.5) is 10.1 Å². The summed E-state index contributed by atoms with van der Waals surface area (Å²) in [6.07, 6.45) is 0. The van der Waals surface area contributed by atoms with Crippen LogP contribution in [0.2, 0.25) is 0 Å². The van der Waals surface area contributed by atoms with E-state index in [1.54, 1.807) is 0 Å². The predicted octanol–water partition coefficient (Wildman–Crippen LogP) is 0.611. The van der Waals surface area contributed by atoms with Gasteiger partial charge in [-0.1, -0.05) is 6.07 Å². The molecule has 0 aliphatic carbocycles. The maximum absolute atomic E-state index is 13.3. The van der Waals surface area contributed by atoms with Gasteiger partial charge in [0.15, 0.2) is 0 Å². The lowest BCUT2D eigenvalue weighted by Gasteiger charge is -2.11. The van der Waals surface area contributed by atoms with Crippen LogP contribution in [0.1, 0.15) is 17.3 Å². The van der Waals surface area contributed by atoms with Gasteiger partial charge in [0, 0.05) is 5.69 Å². The van der Waals surface area contributed by atoms with Gasteiger partial charge in [-0.15, -0.1) is 0 Å². The van der Waals surface area contributed by atoms with E-state index in [-0.39, 0.29) is 11.3 Å². The number of nitrogen functional groups attached to an aromatic ring is 1. The molecule has 16 heavy (non-hydrogen) atoms. The SMILES string of the molecule is CC(NC(=O)c1c(N)cccc1F)C(=O)O. The van der Waals surface area contributed by atoms with Crippen molar-refractivity contribution in [3.8, 4) is 0 Å². The lowest BCUT2D eigenvalue weighted by atomic mass is 10.1. The van der Waals surface area contributed by atoms with E-state index in [1.165, 1.54) is 19.1 Å². The first kappa shape index (κ1) is 12.0. The Hall–Kier alpha value is -2.11. The molecule has 86 valence electrons. The van der Waals surface area contributed by atoms with Gasteiger partial charge in [-0.2, -0.15) is 0 Å². The molecule has 1 atom stereocenters. The van der Waals surface area contributed by atoms with E-state index in [2.05, 4.69) is 5.32 Å². The van der Waals surface area contributed by atoms with Gasteiger partial charge in [0.2, 0.25) is 0 Å². The first-order valence-electron chi connectivity index (χ1n) is 4.51. The topological polar surface area (TPSA) is 92.4 Å². The standard InChI is InChI=1S/C10H11FN2O3/c1-5(10(15)16)13-9(14)8-6(11)3-2-4-7(8)12/h2-5H,12H2,1H3,(H,13,14)(H,15,16). The Balaban J connectivity index is 2.93. The largest absolute Gasteiger partial charge is 0.480 e. The van der Waals surface area contributed by atoms with Crippen LogP contribution in [0.3, 0.4) is 0 Å². The third-order valence-corrected chi connectivity index (χ3v) is 1.99. The molecule has 5 nitrogen and oxygen atoms in total. The monoisotopic (exact) mass is 226 g/mol. The fourth-order valence-corrected chi connectivity index (χ4v) is 1.11. The third kappa shape index (κ3) is 2.47. The fraction of sp³-hybridized carbons (Fsp3) is 0.200. The van der Waals surface area contributed by atoms with E-state index in [0.29, 0.717) is 0 Å². The number of anilines is 1. The van der Waals surface area contributed by atoms with Crippen LogP contribution in [0.5, 0.6) is 0 Å². The lowest BCUT2D eigenvalue weighted by molar-refractivity contribution is -0.138. The molecule has 1 aromatic rings. The maximum Gasteiger partial charge on any atom is 0.325 e. The number of amides is 1. The zero-order valence-electron chi connectivity index (χ0n) is 8.53. The highest BCUT2D eigenvalue weighted by molar-refractivity contribution is 6.00. The number of hydrogen-bond donors (Lipinski definition) is 3. The summed E-state index contributed by atoms with van der Waals surface area (Å²) in [5.41, 5.74) is 5.06. The molecular weight excluding hydrogens is 215 g/mol. The summed E-state index contributed by atoms with van der Waals surface area (Å²) in [7, 11) is 0. The van der Waals surface area contributed by atoms with Crippen LogP contribution >= 0.6 is 0 Å². The molecular formula is C10H11FN2O3. The molecule has 0 saturated heterocycles. The van der Waals surface area contributed by atoms with Gasteiger partial charge in [-0.3, -0.25) is 9.59 Å². The van der Waals surface area contributed by atoms with Crippen LogP contribution in [0.25, 0.3) is 0 Å².